The largest absolute Gasteiger partial charge is 0.466 e. The van der Waals surface area contributed by atoms with Gasteiger partial charge in [0.05, 0.1) is 20.3 Å². The molecule has 0 aliphatic heterocycles. The summed E-state index contributed by atoms with van der Waals surface area (Å²) in [5, 5.41) is 0. The van der Waals surface area contributed by atoms with Crippen molar-refractivity contribution in [2.75, 3.05) is 24.8 Å². The lowest BCUT2D eigenvalue weighted by atomic mass is 10.5. The van der Waals surface area contributed by atoms with Gasteiger partial charge in [-0.25, -0.2) is 4.79 Å². The smallest absolute Gasteiger partial charge is 0.330 e. The number of methoxy groups -OCH3 is 1. The molecule has 0 aliphatic carbocycles. The SMILES string of the molecule is COC(=O)/C=C/COCCI. The second-order valence-electron chi connectivity index (χ2n) is 1.69. The topological polar surface area (TPSA) is 35.5 Å². The summed E-state index contributed by atoms with van der Waals surface area (Å²) in [5.41, 5.74) is 0. The van der Waals surface area contributed by atoms with Gasteiger partial charge in [-0.15, -0.1) is 0 Å². The predicted molar refractivity (Wildman–Crippen MR) is 50.9 cm³/mol. The minimum atomic E-state index is -0.344. The van der Waals surface area contributed by atoms with Crippen molar-refractivity contribution in [2.45, 2.75) is 0 Å². The Morgan fingerprint density at radius 2 is 2.36 bits per heavy atom. The molecule has 0 aromatic rings. The summed E-state index contributed by atoms with van der Waals surface area (Å²) in [6, 6.07) is 0. The third-order valence-electron chi connectivity index (χ3n) is 0.891. The summed E-state index contributed by atoms with van der Waals surface area (Å²) >= 11 is 2.22. The van der Waals surface area contributed by atoms with Gasteiger partial charge in [-0.2, -0.15) is 0 Å². The molecule has 0 unspecified atom stereocenters. The number of esters is 1. The fraction of sp³-hybridized carbons (Fsp3) is 0.571. The molecule has 0 fully saturated rings. The first-order valence-electron chi connectivity index (χ1n) is 3.19. The van der Waals surface area contributed by atoms with Crippen LogP contribution in [0.4, 0.5) is 0 Å². The van der Waals surface area contributed by atoms with Crippen molar-refractivity contribution in [2.24, 2.45) is 0 Å². The van der Waals surface area contributed by atoms with Crippen molar-refractivity contribution in [3.8, 4) is 0 Å². The molecule has 0 radical (unpaired) electrons. The van der Waals surface area contributed by atoms with Gasteiger partial charge in [0, 0.05) is 10.5 Å². The third-order valence-corrected chi connectivity index (χ3v) is 1.33. The molecule has 4 heteroatoms. The second kappa shape index (κ2) is 8.00. The third kappa shape index (κ3) is 7.80. The van der Waals surface area contributed by atoms with Crippen LogP contribution in [0.25, 0.3) is 0 Å². The molecule has 11 heavy (non-hydrogen) atoms. The van der Waals surface area contributed by atoms with Crippen LogP contribution in [0.3, 0.4) is 0 Å². The van der Waals surface area contributed by atoms with E-state index in [1.54, 1.807) is 6.08 Å². The molecule has 0 rings (SSSR count). The molecule has 0 atom stereocenters. The number of halogens is 1. The van der Waals surface area contributed by atoms with E-state index >= 15 is 0 Å². The Hall–Kier alpha value is -0.100. The summed E-state index contributed by atoms with van der Waals surface area (Å²) in [6.45, 7) is 1.18. The molecule has 0 heterocycles. The quantitative estimate of drug-likeness (QED) is 0.247. The molecule has 0 aromatic carbocycles. The van der Waals surface area contributed by atoms with Crippen LogP contribution in [0.2, 0.25) is 0 Å². The number of rotatable bonds is 5. The maximum Gasteiger partial charge on any atom is 0.330 e. The second-order valence-corrected chi connectivity index (χ2v) is 2.77. The van der Waals surface area contributed by atoms with E-state index in [-0.39, 0.29) is 5.97 Å². The Morgan fingerprint density at radius 1 is 1.64 bits per heavy atom. The van der Waals surface area contributed by atoms with Crippen molar-refractivity contribution >= 4 is 28.6 Å². The van der Waals surface area contributed by atoms with Gasteiger partial charge < -0.3 is 9.47 Å². The molecule has 0 aromatic heterocycles. The van der Waals surface area contributed by atoms with Crippen LogP contribution >= 0.6 is 22.6 Å². The molecule has 0 saturated carbocycles. The zero-order valence-electron chi connectivity index (χ0n) is 6.38. The zero-order chi connectivity index (χ0) is 8.53. The van der Waals surface area contributed by atoms with E-state index in [1.807, 2.05) is 0 Å². The highest BCUT2D eigenvalue weighted by atomic mass is 127. The molecule has 0 N–H and O–H groups in total. The van der Waals surface area contributed by atoms with Crippen molar-refractivity contribution < 1.29 is 14.3 Å². The summed E-state index contributed by atoms with van der Waals surface area (Å²) < 4.78 is 10.4. The first-order valence-corrected chi connectivity index (χ1v) is 4.72. The van der Waals surface area contributed by atoms with Crippen LogP contribution in [-0.2, 0) is 14.3 Å². The number of carbonyl (C=O) groups excluding carboxylic acids is 1. The van der Waals surface area contributed by atoms with E-state index in [0.717, 1.165) is 4.43 Å². The fourth-order valence-electron chi connectivity index (χ4n) is 0.418. The van der Waals surface area contributed by atoms with E-state index in [4.69, 9.17) is 4.74 Å². The Balaban J connectivity index is 3.22. The maximum atomic E-state index is 10.5. The highest BCUT2D eigenvalue weighted by Crippen LogP contribution is 1.84. The minimum Gasteiger partial charge on any atom is -0.466 e. The molecular weight excluding hydrogens is 259 g/mol. The Bertz CT molecular complexity index is 134. The molecular formula is C7H11IO3. The van der Waals surface area contributed by atoms with Crippen LogP contribution < -0.4 is 0 Å². The molecule has 0 bridgehead atoms. The van der Waals surface area contributed by atoms with Crippen LogP contribution in [0.5, 0.6) is 0 Å². The van der Waals surface area contributed by atoms with E-state index < -0.39 is 0 Å². The molecule has 0 spiro atoms. The lowest BCUT2D eigenvalue weighted by Crippen LogP contribution is -1.97. The normalized spacial score (nSPS) is 10.4. The van der Waals surface area contributed by atoms with Crippen molar-refractivity contribution in [1.82, 2.24) is 0 Å². The van der Waals surface area contributed by atoms with Crippen LogP contribution in [0.1, 0.15) is 0 Å². The standard InChI is InChI=1S/C7H11IO3/c1-10-7(9)3-2-5-11-6-4-8/h2-3H,4-6H2,1H3/b3-2+. The van der Waals surface area contributed by atoms with Gasteiger partial charge in [0.15, 0.2) is 0 Å². The highest BCUT2D eigenvalue weighted by molar-refractivity contribution is 14.1. The van der Waals surface area contributed by atoms with Gasteiger partial charge >= 0.3 is 5.97 Å². The Morgan fingerprint density at radius 3 is 2.91 bits per heavy atom. The zero-order valence-corrected chi connectivity index (χ0v) is 8.54. The fourth-order valence-corrected chi connectivity index (χ4v) is 0.730. The minimum absolute atomic E-state index is 0.344. The molecule has 0 aliphatic rings. The van der Waals surface area contributed by atoms with Crippen molar-refractivity contribution in [3.63, 3.8) is 0 Å². The van der Waals surface area contributed by atoms with Gasteiger partial charge in [0.25, 0.3) is 0 Å². The van der Waals surface area contributed by atoms with Crippen LogP contribution in [0.15, 0.2) is 12.2 Å². The first kappa shape index (κ1) is 10.9. The van der Waals surface area contributed by atoms with E-state index in [1.165, 1.54) is 13.2 Å². The van der Waals surface area contributed by atoms with Gasteiger partial charge in [-0.3, -0.25) is 0 Å². The summed E-state index contributed by atoms with van der Waals surface area (Å²) in [7, 11) is 1.35. The predicted octanol–water partition coefficient (Wildman–Crippen LogP) is 1.17. The lowest BCUT2D eigenvalue weighted by Gasteiger charge is -1.94. The highest BCUT2D eigenvalue weighted by Gasteiger charge is 1.88. The number of alkyl halides is 1. The molecule has 3 nitrogen and oxygen atoms in total. The van der Waals surface area contributed by atoms with E-state index in [9.17, 15) is 4.79 Å². The number of ether oxygens (including phenoxy) is 2. The van der Waals surface area contributed by atoms with E-state index in [2.05, 4.69) is 27.3 Å². The molecule has 64 valence electrons. The van der Waals surface area contributed by atoms with Gasteiger partial charge in [0.2, 0.25) is 0 Å². The molecule has 0 saturated heterocycles. The summed E-state index contributed by atoms with van der Waals surface area (Å²) in [4.78, 5) is 10.5. The van der Waals surface area contributed by atoms with E-state index in [0.29, 0.717) is 13.2 Å². The number of hydrogen-bond acceptors (Lipinski definition) is 3. The monoisotopic (exact) mass is 270 g/mol. The Kier molecular flexibility index (Phi) is 7.93. The number of carbonyl (C=O) groups is 1. The average molecular weight is 270 g/mol. The maximum absolute atomic E-state index is 10.5. The van der Waals surface area contributed by atoms with Crippen molar-refractivity contribution in [3.05, 3.63) is 12.2 Å². The molecule has 0 amide bonds. The number of hydrogen-bond donors (Lipinski definition) is 0. The van der Waals surface area contributed by atoms with Gasteiger partial charge in [-0.1, -0.05) is 28.7 Å². The Labute approximate surface area is 79.9 Å². The van der Waals surface area contributed by atoms with Crippen LogP contribution in [0, 0.1) is 0 Å². The summed E-state index contributed by atoms with van der Waals surface area (Å²) in [5.74, 6) is -0.344. The first-order chi connectivity index (χ1) is 5.31. The van der Waals surface area contributed by atoms with Gasteiger partial charge in [-0.05, 0) is 0 Å². The van der Waals surface area contributed by atoms with Crippen molar-refractivity contribution in [1.29, 1.82) is 0 Å². The van der Waals surface area contributed by atoms with Gasteiger partial charge in [0.1, 0.15) is 0 Å². The summed E-state index contributed by atoms with van der Waals surface area (Å²) in [6.07, 6.45) is 2.99. The lowest BCUT2D eigenvalue weighted by molar-refractivity contribution is -0.134. The average Bonchev–Trinajstić information content (AvgIpc) is 2.04. The van der Waals surface area contributed by atoms with Crippen LogP contribution in [-0.4, -0.2) is 30.7 Å².